The number of nitrogen functional groups attached to an aromatic ring is 2. The lowest BCUT2D eigenvalue weighted by Crippen LogP contribution is -2.04. The molecule has 4 N–H and O–H groups in total. The molecule has 12 heavy (non-hydrogen) atoms. The number of aromatic nitrogens is 1. The summed E-state index contributed by atoms with van der Waals surface area (Å²) in [5, 5.41) is 0.394. The fourth-order valence-corrected chi connectivity index (χ4v) is 1.21. The third kappa shape index (κ3) is 1.61. The smallest absolute Gasteiger partial charge is 0.131 e. The standard InChI is InChI=1S/C8H12ClN3/c1-4(2)8-7(11)5(10)3-6(9)12-8/h3-4H,11H2,1-2H3,(H2,10,12). The van der Waals surface area contributed by atoms with E-state index in [0.29, 0.717) is 16.5 Å². The van der Waals surface area contributed by atoms with Crippen molar-refractivity contribution in [1.82, 2.24) is 4.98 Å². The van der Waals surface area contributed by atoms with Gasteiger partial charge in [0.05, 0.1) is 17.1 Å². The minimum atomic E-state index is 0.242. The van der Waals surface area contributed by atoms with Crippen molar-refractivity contribution in [2.24, 2.45) is 0 Å². The molecule has 1 aromatic rings. The van der Waals surface area contributed by atoms with Crippen molar-refractivity contribution in [2.75, 3.05) is 11.5 Å². The van der Waals surface area contributed by atoms with Gasteiger partial charge in [0.2, 0.25) is 0 Å². The second-order valence-electron chi connectivity index (χ2n) is 2.99. The Morgan fingerprint density at radius 1 is 1.42 bits per heavy atom. The predicted molar refractivity (Wildman–Crippen MR) is 52.2 cm³/mol. The van der Waals surface area contributed by atoms with E-state index in [-0.39, 0.29) is 5.92 Å². The molecule has 0 amide bonds. The first-order valence-corrected chi connectivity index (χ1v) is 4.11. The van der Waals surface area contributed by atoms with Crippen LogP contribution in [0.25, 0.3) is 0 Å². The molecule has 1 rings (SSSR count). The largest absolute Gasteiger partial charge is 0.397 e. The zero-order valence-electron chi connectivity index (χ0n) is 7.13. The average Bonchev–Trinajstić information content (AvgIpc) is 1.96. The molecule has 66 valence electrons. The van der Waals surface area contributed by atoms with E-state index in [1.807, 2.05) is 13.8 Å². The Balaban J connectivity index is 3.28. The fourth-order valence-electron chi connectivity index (χ4n) is 1.00. The van der Waals surface area contributed by atoms with E-state index in [0.717, 1.165) is 5.69 Å². The summed E-state index contributed by atoms with van der Waals surface area (Å²) in [5.41, 5.74) is 13.1. The van der Waals surface area contributed by atoms with Crippen molar-refractivity contribution < 1.29 is 0 Å². The van der Waals surface area contributed by atoms with Crippen LogP contribution in [-0.4, -0.2) is 4.98 Å². The second-order valence-corrected chi connectivity index (χ2v) is 3.38. The van der Waals surface area contributed by atoms with Gasteiger partial charge in [-0.2, -0.15) is 0 Å². The molecule has 1 heterocycles. The number of rotatable bonds is 1. The van der Waals surface area contributed by atoms with Gasteiger partial charge in [0.25, 0.3) is 0 Å². The summed E-state index contributed by atoms with van der Waals surface area (Å²) in [7, 11) is 0. The highest BCUT2D eigenvalue weighted by Gasteiger charge is 2.09. The lowest BCUT2D eigenvalue weighted by Gasteiger charge is -2.10. The molecule has 0 aromatic carbocycles. The minimum Gasteiger partial charge on any atom is -0.397 e. The summed E-state index contributed by atoms with van der Waals surface area (Å²) in [5.74, 6) is 0.242. The highest BCUT2D eigenvalue weighted by atomic mass is 35.5. The van der Waals surface area contributed by atoms with Crippen LogP contribution in [0.4, 0.5) is 11.4 Å². The Hall–Kier alpha value is -0.960. The molecule has 0 aliphatic heterocycles. The molecule has 0 bridgehead atoms. The second kappa shape index (κ2) is 3.19. The van der Waals surface area contributed by atoms with E-state index < -0.39 is 0 Å². The van der Waals surface area contributed by atoms with Crippen LogP contribution in [0.5, 0.6) is 0 Å². The topological polar surface area (TPSA) is 64.9 Å². The normalized spacial score (nSPS) is 10.7. The number of anilines is 2. The van der Waals surface area contributed by atoms with Crippen LogP contribution < -0.4 is 11.5 Å². The molecule has 0 radical (unpaired) electrons. The summed E-state index contributed by atoms with van der Waals surface area (Å²) < 4.78 is 0. The van der Waals surface area contributed by atoms with Crippen LogP contribution >= 0.6 is 11.6 Å². The molecule has 4 heteroatoms. The van der Waals surface area contributed by atoms with E-state index in [9.17, 15) is 0 Å². The van der Waals surface area contributed by atoms with Crippen LogP contribution in [0.15, 0.2) is 6.07 Å². The molecule has 0 atom stereocenters. The Bertz CT molecular complexity index is 297. The average molecular weight is 186 g/mol. The molecule has 0 aliphatic rings. The highest BCUT2D eigenvalue weighted by molar-refractivity contribution is 6.29. The van der Waals surface area contributed by atoms with Crippen molar-refractivity contribution in [3.8, 4) is 0 Å². The van der Waals surface area contributed by atoms with Gasteiger partial charge in [-0.3, -0.25) is 0 Å². The number of hydrogen-bond acceptors (Lipinski definition) is 3. The summed E-state index contributed by atoms with van der Waals surface area (Å²) in [4.78, 5) is 4.09. The number of halogens is 1. The first kappa shape index (κ1) is 9.13. The lowest BCUT2D eigenvalue weighted by atomic mass is 10.1. The maximum Gasteiger partial charge on any atom is 0.131 e. The molecule has 0 saturated carbocycles. The quantitative estimate of drug-likeness (QED) is 0.658. The van der Waals surface area contributed by atoms with E-state index in [1.54, 1.807) is 6.07 Å². The number of nitrogens with zero attached hydrogens (tertiary/aromatic N) is 1. The van der Waals surface area contributed by atoms with Gasteiger partial charge in [0, 0.05) is 6.07 Å². The van der Waals surface area contributed by atoms with Crippen LogP contribution in [0.3, 0.4) is 0 Å². The Kier molecular flexibility index (Phi) is 2.43. The van der Waals surface area contributed by atoms with Gasteiger partial charge in [0.1, 0.15) is 5.15 Å². The van der Waals surface area contributed by atoms with E-state index in [4.69, 9.17) is 23.1 Å². The summed E-state index contributed by atoms with van der Waals surface area (Å²) >= 11 is 5.72. The molecular formula is C8H12ClN3. The zero-order chi connectivity index (χ0) is 9.30. The summed E-state index contributed by atoms with van der Waals surface area (Å²) in [6.45, 7) is 3.99. The van der Waals surface area contributed by atoms with Gasteiger partial charge in [0.15, 0.2) is 0 Å². The maximum absolute atomic E-state index is 5.72. The third-order valence-corrected chi connectivity index (χ3v) is 1.83. The van der Waals surface area contributed by atoms with Crippen LogP contribution in [0.1, 0.15) is 25.5 Å². The first-order valence-electron chi connectivity index (χ1n) is 3.73. The molecule has 0 fully saturated rings. The number of pyridine rings is 1. The SMILES string of the molecule is CC(C)c1nc(Cl)cc(N)c1N. The molecule has 1 aromatic heterocycles. The molecule has 0 spiro atoms. The zero-order valence-corrected chi connectivity index (χ0v) is 7.89. The van der Waals surface area contributed by atoms with Crippen LogP contribution in [0.2, 0.25) is 5.15 Å². The van der Waals surface area contributed by atoms with Gasteiger partial charge < -0.3 is 11.5 Å². The maximum atomic E-state index is 5.72. The Labute approximate surface area is 76.7 Å². The van der Waals surface area contributed by atoms with Crippen molar-refractivity contribution in [1.29, 1.82) is 0 Å². The number of hydrogen-bond donors (Lipinski definition) is 2. The summed E-state index contributed by atoms with van der Waals surface area (Å²) in [6.07, 6.45) is 0. The van der Waals surface area contributed by atoms with Gasteiger partial charge in [-0.1, -0.05) is 25.4 Å². The summed E-state index contributed by atoms with van der Waals surface area (Å²) in [6, 6.07) is 1.56. The fraction of sp³-hybridized carbons (Fsp3) is 0.375. The van der Waals surface area contributed by atoms with Crippen molar-refractivity contribution in [3.05, 3.63) is 16.9 Å². The van der Waals surface area contributed by atoms with Crippen molar-refractivity contribution in [2.45, 2.75) is 19.8 Å². The van der Waals surface area contributed by atoms with E-state index >= 15 is 0 Å². The van der Waals surface area contributed by atoms with Crippen LogP contribution in [-0.2, 0) is 0 Å². The Morgan fingerprint density at radius 2 is 2.00 bits per heavy atom. The molecule has 3 nitrogen and oxygen atoms in total. The number of nitrogens with two attached hydrogens (primary N) is 2. The Morgan fingerprint density at radius 3 is 2.50 bits per heavy atom. The van der Waals surface area contributed by atoms with E-state index in [1.165, 1.54) is 0 Å². The van der Waals surface area contributed by atoms with Crippen molar-refractivity contribution >= 4 is 23.0 Å². The highest BCUT2D eigenvalue weighted by Crippen LogP contribution is 2.27. The van der Waals surface area contributed by atoms with Gasteiger partial charge >= 0.3 is 0 Å². The van der Waals surface area contributed by atoms with Gasteiger partial charge in [-0.15, -0.1) is 0 Å². The molecule has 0 aliphatic carbocycles. The monoisotopic (exact) mass is 185 g/mol. The molecule has 0 saturated heterocycles. The van der Waals surface area contributed by atoms with Gasteiger partial charge in [-0.25, -0.2) is 4.98 Å². The molecule has 0 unspecified atom stereocenters. The third-order valence-electron chi connectivity index (χ3n) is 1.64. The minimum absolute atomic E-state index is 0.242. The first-order chi connectivity index (χ1) is 5.52. The van der Waals surface area contributed by atoms with E-state index in [2.05, 4.69) is 4.98 Å². The lowest BCUT2D eigenvalue weighted by molar-refractivity contribution is 0.828. The van der Waals surface area contributed by atoms with Gasteiger partial charge in [-0.05, 0) is 5.92 Å². The molecular weight excluding hydrogens is 174 g/mol. The van der Waals surface area contributed by atoms with Crippen molar-refractivity contribution in [3.63, 3.8) is 0 Å². The van der Waals surface area contributed by atoms with Crippen LogP contribution in [0, 0.1) is 0 Å². The predicted octanol–water partition coefficient (Wildman–Crippen LogP) is 2.02.